The molecule has 0 bridgehead atoms. The predicted octanol–water partition coefficient (Wildman–Crippen LogP) is 0.956. The van der Waals surface area contributed by atoms with Gasteiger partial charge in [0.15, 0.2) is 5.76 Å². The third-order valence-electron chi connectivity index (χ3n) is 3.43. The maximum atomic E-state index is 12.2. The number of nitrogens with zero attached hydrogens (tertiary/aromatic N) is 1. The highest BCUT2D eigenvalue weighted by molar-refractivity contribution is 7.88. The molecule has 1 amide bonds. The summed E-state index contributed by atoms with van der Waals surface area (Å²) in [6.45, 7) is 0. The lowest BCUT2D eigenvalue weighted by Crippen LogP contribution is -2.42. The van der Waals surface area contributed by atoms with Crippen molar-refractivity contribution in [2.45, 2.75) is 17.6 Å². The van der Waals surface area contributed by atoms with E-state index >= 15 is 0 Å². The van der Waals surface area contributed by atoms with Crippen LogP contribution in [-0.4, -0.2) is 49.8 Å². The molecule has 1 aromatic heterocycles. The van der Waals surface area contributed by atoms with E-state index in [1.165, 1.54) is 20.2 Å². The number of furan rings is 1. The fourth-order valence-corrected chi connectivity index (χ4v) is 2.84. The lowest BCUT2D eigenvalue weighted by Gasteiger charge is -2.13. The van der Waals surface area contributed by atoms with Crippen molar-refractivity contribution in [3.8, 4) is 0 Å². The van der Waals surface area contributed by atoms with Gasteiger partial charge in [0.25, 0.3) is 15.9 Å². The molecule has 0 saturated heterocycles. The van der Waals surface area contributed by atoms with Gasteiger partial charge in [0.05, 0.1) is 0 Å². The molecule has 0 spiro atoms. The molecule has 2 aromatic rings. The largest absolute Gasteiger partial charge is 0.480 e. The molecule has 134 valence electrons. The minimum absolute atomic E-state index is 0.0888. The highest BCUT2D eigenvalue weighted by atomic mass is 32.2. The second-order valence-corrected chi connectivity index (χ2v) is 7.54. The predicted molar refractivity (Wildman–Crippen MR) is 88.6 cm³/mol. The second-order valence-electron chi connectivity index (χ2n) is 5.46. The van der Waals surface area contributed by atoms with Gasteiger partial charge >= 0.3 is 5.97 Å². The molecule has 0 saturated carbocycles. The van der Waals surface area contributed by atoms with Crippen LogP contribution >= 0.6 is 0 Å². The maximum Gasteiger partial charge on any atom is 0.326 e. The first-order valence-electron chi connectivity index (χ1n) is 7.32. The van der Waals surface area contributed by atoms with Crippen LogP contribution in [0.3, 0.4) is 0 Å². The van der Waals surface area contributed by atoms with E-state index in [0.29, 0.717) is 0 Å². The zero-order chi connectivity index (χ0) is 18.6. The van der Waals surface area contributed by atoms with Crippen LogP contribution in [0.15, 0.2) is 52.0 Å². The van der Waals surface area contributed by atoms with Crippen molar-refractivity contribution >= 4 is 21.9 Å². The van der Waals surface area contributed by atoms with Gasteiger partial charge in [-0.25, -0.2) is 17.5 Å². The van der Waals surface area contributed by atoms with Gasteiger partial charge in [-0.15, -0.1) is 0 Å². The second kappa shape index (κ2) is 7.49. The molecule has 0 aliphatic rings. The summed E-state index contributed by atoms with van der Waals surface area (Å²) in [5.74, 6) is -2.28. The van der Waals surface area contributed by atoms with Gasteiger partial charge in [0, 0.05) is 20.5 Å². The molecule has 1 heterocycles. The van der Waals surface area contributed by atoms with Gasteiger partial charge in [0.2, 0.25) is 5.09 Å². The Morgan fingerprint density at radius 3 is 2.36 bits per heavy atom. The zero-order valence-electron chi connectivity index (χ0n) is 13.7. The summed E-state index contributed by atoms with van der Waals surface area (Å²) in [6, 6.07) is 9.99. The van der Waals surface area contributed by atoms with E-state index in [0.717, 1.165) is 15.9 Å². The number of amides is 1. The number of nitrogens with one attached hydrogen (secondary N) is 1. The van der Waals surface area contributed by atoms with Crippen LogP contribution in [0.1, 0.15) is 16.1 Å². The summed E-state index contributed by atoms with van der Waals surface area (Å²) in [5.41, 5.74) is 0.741. The molecule has 1 aromatic carbocycles. The van der Waals surface area contributed by atoms with Gasteiger partial charge < -0.3 is 14.8 Å². The van der Waals surface area contributed by atoms with Gasteiger partial charge in [-0.05, 0) is 17.7 Å². The molecule has 8 nitrogen and oxygen atoms in total. The normalized spacial score (nSPS) is 12.8. The quantitative estimate of drug-likeness (QED) is 0.754. The first kappa shape index (κ1) is 18.7. The lowest BCUT2D eigenvalue weighted by molar-refractivity contribution is -0.139. The minimum Gasteiger partial charge on any atom is -0.480 e. The number of carbonyl (C=O) groups is 2. The Bertz CT molecular complexity index is 858. The van der Waals surface area contributed by atoms with Crippen LogP contribution in [0.2, 0.25) is 0 Å². The van der Waals surface area contributed by atoms with E-state index < -0.39 is 33.0 Å². The molecule has 2 N–H and O–H groups in total. The van der Waals surface area contributed by atoms with Crippen molar-refractivity contribution in [1.29, 1.82) is 0 Å². The number of hydrogen-bond acceptors (Lipinski definition) is 5. The van der Waals surface area contributed by atoms with E-state index in [2.05, 4.69) is 5.32 Å². The summed E-state index contributed by atoms with van der Waals surface area (Å²) in [4.78, 5) is 23.6. The first-order chi connectivity index (χ1) is 11.7. The van der Waals surface area contributed by atoms with Crippen molar-refractivity contribution in [3.63, 3.8) is 0 Å². The number of carboxylic acids is 1. The number of rotatable bonds is 7. The number of hydrogen-bond donors (Lipinski definition) is 2. The average Bonchev–Trinajstić information content (AvgIpc) is 3.05. The fourth-order valence-electron chi connectivity index (χ4n) is 2.04. The van der Waals surface area contributed by atoms with Crippen molar-refractivity contribution in [1.82, 2.24) is 9.62 Å². The molecule has 0 fully saturated rings. The standard InChI is InChI=1S/C16H18N2O6S/c1-18(2)25(22,23)14-9-8-13(24-14)15(19)17-12(16(20)21)10-11-6-4-3-5-7-11/h3-9,12H,10H2,1-2H3,(H,17,19)(H,20,21)/t12-/m0/s1. The molecule has 1 atom stereocenters. The van der Waals surface area contributed by atoms with E-state index in [9.17, 15) is 23.1 Å². The van der Waals surface area contributed by atoms with Crippen LogP contribution in [-0.2, 0) is 21.2 Å². The Hall–Kier alpha value is -2.65. The molecule has 0 unspecified atom stereocenters. The van der Waals surface area contributed by atoms with Crippen LogP contribution < -0.4 is 5.32 Å². The molecule has 9 heteroatoms. The van der Waals surface area contributed by atoms with Crippen molar-refractivity contribution in [2.75, 3.05) is 14.1 Å². The molecule has 2 rings (SSSR count). The van der Waals surface area contributed by atoms with Crippen LogP contribution in [0.5, 0.6) is 0 Å². The third-order valence-corrected chi connectivity index (χ3v) is 5.12. The molecular weight excluding hydrogens is 348 g/mol. The molecular formula is C16H18N2O6S. The van der Waals surface area contributed by atoms with E-state index in [4.69, 9.17) is 4.42 Å². The summed E-state index contributed by atoms with van der Waals surface area (Å²) in [6.07, 6.45) is 0.0888. The summed E-state index contributed by atoms with van der Waals surface area (Å²) >= 11 is 0. The van der Waals surface area contributed by atoms with Crippen LogP contribution in [0.4, 0.5) is 0 Å². The van der Waals surface area contributed by atoms with E-state index in [-0.39, 0.29) is 12.2 Å². The highest BCUT2D eigenvalue weighted by Crippen LogP contribution is 2.17. The number of benzene rings is 1. The van der Waals surface area contributed by atoms with E-state index in [1.807, 2.05) is 0 Å². The average molecular weight is 366 g/mol. The van der Waals surface area contributed by atoms with Crippen molar-refractivity contribution in [3.05, 3.63) is 53.8 Å². The summed E-state index contributed by atoms with van der Waals surface area (Å²) < 4.78 is 29.9. The van der Waals surface area contributed by atoms with Gasteiger partial charge in [-0.1, -0.05) is 30.3 Å². The molecule has 0 aliphatic carbocycles. The van der Waals surface area contributed by atoms with Crippen LogP contribution in [0, 0.1) is 0 Å². The highest BCUT2D eigenvalue weighted by Gasteiger charge is 2.26. The Kier molecular flexibility index (Phi) is 5.60. The first-order valence-corrected chi connectivity index (χ1v) is 8.76. The minimum atomic E-state index is -3.81. The maximum absolute atomic E-state index is 12.2. The molecule has 0 radical (unpaired) electrons. The van der Waals surface area contributed by atoms with Crippen LogP contribution in [0.25, 0.3) is 0 Å². The SMILES string of the molecule is CN(C)S(=O)(=O)c1ccc(C(=O)N[C@@H](Cc2ccccc2)C(=O)O)o1. The summed E-state index contributed by atoms with van der Waals surface area (Å²) in [5, 5.41) is 11.2. The zero-order valence-corrected chi connectivity index (χ0v) is 14.5. The summed E-state index contributed by atoms with van der Waals surface area (Å²) in [7, 11) is -1.15. The Morgan fingerprint density at radius 2 is 1.80 bits per heavy atom. The van der Waals surface area contributed by atoms with E-state index in [1.54, 1.807) is 30.3 Å². The topological polar surface area (TPSA) is 117 Å². The lowest BCUT2D eigenvalue weighted by atomic mass is 10.1. The number of aliphatic carboxylic acids is 1. The van der Waals surface area contributed by atoms with Gasteiger partial charge in [0.1, 0.15) is 6.04 Å². The van der Waals surface area contributed by atoms with Crippen molar-refractivity contribution in [2.24, 2.45) is 0 Å². The Labute approximate surface area is 145 Å². The van der Waals surface area contributed by atoms with Gasteiger partial charge in [-0.2, -0.15) is 0 Å². The third kappa shape index (κ3) is 4.46. The number of sulfonamides is 1. The smallest absolute Gasteiger partial charge is 0.326 e. The van der Waals surface area contributed by atoms with Crippen molar-refractivity contribution < 1.29 is 27.5 Å². The molecule has 25 heavy (non-hydrogen) atoms. The number of carboxylic acid groups (broad SMARTS) is 1. The fraction of sp³-hybridized carbons (Fsp3) is 0.250. The Morgan fingerprint density at radius 1 is 1.16 bits per heavy atom. The number of carbonyl (C=O) groups excluding carboxylic acids is 1. The Balaban J connectivity index is 2.14. The van der Waals surface area contributed by atoms with Gasteiger partial charge in [-0.3, -0.25) is 4.79 Å². The monoisotopic (exact) mass is 366 g/mol. The molecule has 0 aliphatic heterocycles.